The lowest BCUT2D eigenvalue weighted by Gasteiger charge is -2.57. The maximum absolute atomic E-state index is 11.7. The van der Waals surface area contributed by atoms with E-state index in [-0.39, 0.29) is 17.9 Å². The van der Waals surface area contributed by atoms with Crippen molar-refractivity contribution in [2.75, 3.05) is 26.7 Å². The Balaban J connectivity index is 1.92. The first-order valence-electron chi connectivity index (χ1n) is 7.59. The van der Waals surface area contributed by atoms with Gasteiger partial charge in [0.25, 0.3) is 0 Å². The van der Waals surface area contributed by atoms with Crippen molar-refractivity contribution >= 4 is 5.91 Å². The van der Waals surface area contributed by atoms with Crippen molar-refractivity contribution in [3.05, 3.63) is 0 Å². The van der Waals surface area contributed by atoms with Crippen LogP contribution in [0.2, 0.25) is 0 Å². The molecule has 0 aromatic rings. The molecule has 2 atom stereocenters. The zero-order valence-corrected chi connectivity index (χ0v) is 12.5. The Kier molecular flexibility index (Phi) is 5.00. The molecule has 2 aliphatic rings. The van der Waals surface area contributed by atoms with Crippen LogP contribution in [0.15, 0.2) is 0 Å². The lowest BCUT2D eigenvalue weighted by molar-refractivity contribution is -0.163. The fraction of sp³-hybridized carbons (Fsp3) is 0.867. The van der Waals surface area contributed by atoms with Crippen LogP contribution in [0.4, 0.5) is 0 Å². The minimum atomic E-state index is -0.0675. The SMILES string of the molecule is CCO[C@H]1C[C@@H](N(C)CC(=O)NCC#N)C12CCCC2. The highest BCUT2D eigenvalue weighted by atomic mass is 16.5. The Morgan fingerprint density at radius 1 is 1.50 bits per heavy atom. The molecule has 2 saturated carbocycles. The van der Waals surface area contributed by atoms with Gasteiger partial charge in [0, 0.05) is 18.1 Å². The van der Waals surface area contributed by atoms with Gasteiger partial charge in [0.05, 0.1) is 18.7 Å². The van der Waals surface area contributed by atoms with Gasteiger partial charge in [-0.05, 0) is 33.2 Å². The third-order valence-electron chi connectivity index (χ3n) is 4.93. The minimum Gasteiger partial charge on any atom is -0.378 e. The highest BCUT2D eigenvalue weighted by Gasteiger charge is 2.57. The Morgan fingerprint density at radius 2 is 2.20 bits per heavy atom. The Labute approximate surface area is 121 Å². The molecule has 5 nitrogen and oxygen atoms in total. The lowest BCUT2D eigenvalue weighted by atomic mass is 9.60. The van der Waals surface area contributed by atoms with Crippen molar-refractivity contribution in [1.82, 2.24) is 10.2 Å². The first-order chi connectivity index (χ1) is 9.64. The van der Waals surface area contributed by atoms with E-state index in [4.69, 9.17) is 10.00 Å². The second-order valence-corrected chi connectivity index (χ2v) is 5.99. The second-order valence-electron chi connectivity index (χ2n) is 5.99. The molecule has 20 heavy (non-hydrogen) atoms. The molecule has 1 spiro atoms. The number of ether oxygens (including phenoxy) is 1. The molecule has 1 amide bonds. The summed E-state index contributed by atoms with van der Waals surface area (Å²) in [7, 11) is 2.01. The summed E-state index contributed by atoms with van der Waals surface area (Å²) in [5, 5.41) is 11.1. The van der Waals surface area contributed by atoms with Crippen molar-refractivity contribution in [3.8, 4) is 6.07 Å². The molecule has 0 aliphatic heterocycles. The van der Waals surface area contributed by atoms with Crippen molar-refractivity contribution in [2.24, 2.45) is 5.41 Å². The predicted molar refractivity (Wildman–Crippen MR) is 76.0 cm³/mol. The zero-order valence-electron chi connectivity index (χ0n) is 12.5. The van der Waals surface area contributed by atoms with Gasteiger partial charge in [-0.1, -0.05) is 12.8 Å². The van der Waals surface area contributed by atoms with Crippen LogP contribution in [0.1, 0.15) is 39.0 Å². The smallest absolute Gasteiger partial charge is 0.235 e. The molecule has 5 heteroatoms. The highest BCUT2D eigenvalue weighted by molar-refractivity contribution is 5.78. The summed E-state index contributed by atoms with van der Waals surface area (Å²) in [6.45, 7) is 3.28. The number of carbonyl (C=O) groups excluding carboxylic acids is 1. The fourth-order valence-corrected chi connectivity index (χ4v) is 4.00. The van der Waals surface area contributed by atoms with Gasteiger partial charge in [-0.3, -0.25) is 9.69 Å². The first-order valence-corrected chi connectivity index (χ1v) is 7.59. The third kappa shape index (κ3) is 2.82. The van der Waals surface area contributed by atoms with Crippen LogP contribution in [-0.2, 0) is 9.53 Å². The molecular weight excluding hydrogens is 254 g/mol. The summed E-state index contributed by atoms with van der Waals surface area (Å²) in [5.74, 6) is -0.0675. The van der Waals surface area contributed by atoms with Crippen LogP contribution in [0.3, 0.4) is 0 Å². The minimum absolute atomic E-state index is 0.0675. The van der Waals surface area contributed by atoms with Crippen molar-refractivity contribution in [2.45, 2.75) is 51.2 Å². The van der Waals surface area contributed by atoms with E-state index in [1.807, 2.05) is 13.1 Å². The number of nitrogens with zero attached hydrogens (tertiary/aromatic N) is 2. The predicted octanol–water partition coefficient (Wildman–Crippen LogP) is 1.30. The largest absolute Gasteiger partial charge is 0.378 e. The topological polar surface area (TPSA) is 65.4 Å². The van der Waals surface area contributed by atoms with Gasteiger partial charge in [-0.15, -0.1) is 0 Å². The monoisotopic (exact) mass is 279 g/mol. The highest BCUT2D eigenvalue weighted by Crippen LogP contribution is 2.56. The fourth-order valence-electron chi connectivity index (χ4n) is 4.00. The zero-order chi connectivity index (χ0) is 14.6. The van der Waals surface area contributed by atoms with Crippen LogP contribution in [0.25, 0.3) is 0 Å². The van der Waals surface area contributed by atoms with E-state index in [0.717, 1.165) is 13.0 Å². The van der Waals surface area contributed by atoms with Gasteiger partial charge in [-0.2, -0.15) is 5.26 Å². The number of carbonyl (C=O) groups is 1. The molecule has 0 aromatic heterocycles. The summed E-state index contributed by atoms with van der Waals surface area (Å²) in [6.07, 6.45) is 6.36. The maximum atomic E-state index is 11.7. The number of amides is 1. The van der Waals surface area contributed by atoms with E-state index in [1.165, 1.54) is 25.7 Å². The standard InChI is InChI=1S/C15H25N3O2/c1-3-20-13-10-12(15(13)6-4-5-7-15)18(2)11-14(19)17-9-8-16/h12-13H,3-7,9-11H2,1-2H3,(H,17,19)/t12-,13+/m1/s1. The summed E-state index contributed by atoms with van der Waals surface area (Å²) in [4.78, 5) is 13.9. The average molecular weight is 279 g/mol. The quantitative estimate of drug-likeness (QED) is 0.744. The maximum Gasteiger partial charge on any atom is 0.235 e. The first kappa shape index (κ1) is 15.3. The van der Waals surface area contributed by atoms with Crippen LogP contribution in [-0.4, -0.2) is 49.7 Å². The van der Waals surface area contributed by atoms with Gasteiger partial charge < -0.3 is 10.1 Å². The molecule has 0 bridgehead atoms. The number of rotatable bonds is 6. The van der Waals surface area contributed by atoms with E-state index in [1.54, 1.807) is 0 Å². The van der Waals surface area contributed by atoms with Crippen LogP contribution >= 0.6 is 0 Å². The summed E-state index contributed by atoms with van der Waals surface area (Å²) in [6, 6.07) is 2.37. The number of nitrogens with one attached hydrogen (secondary N) is 1. The van der Waals surface area contributed by atoms with Crippen LogP contribution in [0, 0.1) is 16.7 Å². The molecule has 0 unspecified atom stereocenters. The number of hydrogen-bond donors (Lipinski definition) is 1. The number of hydrogen-bond acceptors (Lipinski definition) is 4. The van der Waals surface area contributed by atoms with Gasteiger partial charge in [0.1, 0.15) is 6.54 Å². The van der Waals surface area contributed by atoms with E-state index >= 15 is 0 Å². The second kappa shape index (κ2) is 6.55. The summed E-state index contributed by atoms with van der Waals surface area (Å²) < 4.78 is 5.90. The Bertz CT molecular complexity index is 385. The summed E-state index contributed by atoms with van der Waals surface area (Å²) >= 11 is 0. The van der Waals surface area contributed by atoms with Gasteiger partial charge >= 0.3 is 0 Å². The molecule has 1 N–H and O–H groups in total. The number of nitriles is 1. The molecule has 112 valence electrons. The van der Waals surface area contributed by atoms with E-state index in [0.29, 0.717) is 18.7 Å². The Hall–Kier alpha value is -1.12. The Morgan fingerprint density at radius 3 is 2.80 bits per heavy atom. The van der Waals surface area contributed by atoms with Crippen molar-refractivity contribution in [3.63, 3.8) is 0 Å². The van der Waals surface area contributed by atoms with Crippen LogP contribution in [0.5, 0.6) is 0 Å². The molecule has 2 aliphatic carbocycles. The van der Waals surface area contributed by atoms with E-state index in [2.05, 4.69) is 17.1 Å². The molecule has 0 radical (unpaired) electrons. The molecule has 0 heterocycles. The molecule has 2 fully saturated rings. The lowest BCUT2D eigenvalue weighted by Crippen LogP contribution is -2.63. The number of likely N-dealkylation sites (N-methyl/N-ethyl adjacent to an activating group) is 1. The van der Waals surface area contributed by atoms with Crippen molar-refractivity contribution < 1.29 is 9.53 Å². The average Bonchev–Trinajstić information content (AvgIpc) is 2.92. The normalized spacial score (nSPS) is 27.3. The molecule has 0 aromatic carbocycles. The van der Waals surface area contributed by atoms with Gasteiger partial charge in [0.2, 0.25) is 5.91 Å². The van der Waals surface area contributed by atoms with E-state index < -0.39 is 0 Å². The van der Waals surface area contributed by atoms with Crippen molar-refractivity contribution in [1.29, 1.82) is 5.26 Å². The van der Waals surface area contributed by atoms with E-state index in [9.17, 15) is 4.79 Å². The van der Waals surface area contributed by atoms with Gasteiger partial charge in [-0.25, -0.2) is 0 Å². The molecule has 0 saturated heterocycles. The molecular formula is C15H25N3O2. The van der Waals surface area contributed by atoms with Crippen LogP contribution < -0.4 is 5.32 Å². The summed E-state index contributed by atoms with van der Waals surface area (Å²) in [5.41, 5.74) is 0.264. The third-order valence-corrected chi connectivity index (χ3v) is 4.93. The van der Waals surface area contributed by atoms with Gasteiger partial charge in [0.15, 0.2) is 0 Å². The molecule has 2 rings (SSSR count).